The molecule has 2 aromatic rings. The molecule has 0 unspecified atom stereocenters. The highest BCUT2D eigenvalue weighted by Gasteiger charge is 2.17. The molecule has 1 aliphatic rings. The second kappa shape index (κ2) is 7.80. The largest absolute Gasteiger partial charge is 0.493 e. The summed E-state index contributed by atoms with van der Waals surface area (Å²) >= 11 is 0. The Labute approximate surface area is 146 Å². The fourth-order valence-electron chi connectivity index (χ4n) is 3.11. The number of hydrogen-bond donors (Lipinski definition) is 0. The van der Waals surface area contributed by atoms with Crippen molar-refractivity contribution in [2.24, 2.45) is 0 Å². The summed E-state index contributed by atoms with van der Waals surface area (Å²) in [6.45, 7) is 8.15. The number of carbonyl (C=O) groups is 1. The molecule has 134 valence electrons. The molecule has 6 heteroatoms. The molecule has 2 heterocycles. The molecule has 0 aliphatic carbocycles. The summed E-state index contributed by atoms with van der Waals surface area (Å²) < 4.78 is 16.5. The Morgan fingerprint density at radius 1 is 1.28 bits per heavy atom. The highest BCUT2D eigenvalue weighted by molar-refractivity contribution is 6.07. The molecular formula is C19H23NO5. The monoisotopic (exact) mass is 345 g/mol. The van der Waals surface area contributed by atoms with E-state index in [0.29, 0.717) is 23.5 Å². The summed E-state index contributed by atoms with van der Waals surface area (Å²) in [5.74, 6) is 0.290. The van der Waals surface area contributed by atoms with Crippen LogP contribution in [-0.4, -0.2) is 50.1 Å². The van der Waals surface area contributed by atoms with Crippen molar-refractivity contribution in [1.82, 2.24) is 4.90 Å². The van der Waals surface area contributed by atoms with Crippen LogP contribution < -0.4 is 10.4 Å². The van der Waals surface area contributed by atoms with E-state index in [-0.39, 0.29) is 5.78 Å². The molecule has 0 radical (unpaired) electrons. The van der Waals surface area contributed by atoms with E-state index in [1.807, 2.05) is 13.0 Å². The fraction of sp³-hybridized carbons (Fsp3) is 0.474. The van der Waals surface area contributed by atoms with E-state index in [4.69, 9.17) is 13.9 Å². The van der Waals surface area contributed by atoms with Crippen LogP contribution in [0, 0.1) is 6.92 Å². The molecule has 1 saturated heterocycles. The smallest absolute Gasteiger partial charge is 0.336 e. The fourth-order valence-corrected chi connectivity index (χ4v) is 3.11. The Morgan fingerprint density at radius 2 is 2.04 bits per heavy atom. The van der Waals surface area contributed by atoms with Gasteiger partial charge in [-0.2, -0.15) is 0 Å². The zero-order chi connectivity index (χ0) is 17.8. The normalized spacial score (nSPS) is 15.4. The molecule has 0 bridgehead atoms. The summed E-state index contributed by atoms with van der Waals surface area (Å²) in [6.07, 6.45) is 0.854. The van der Waals surface area contributed by atoms with Crippen molar-refractivity contribution in [2.75, 3.05) is 39.5 Å². The third-order valence-electron chi connectivity index (χ3n) is 4.41. The van der Waals surface area contributed by atoms with Crippen molar-refractivity contribution < 1.29 is 18.7 Å². The van der Waals surface area contributed by atoms with Gasteiger partial charge in [-0.05, 0) is 38.0 Å². The van der Waals surface area contributed by atoms with E-state index in [1.165, 1.54) is 13.0 Å². The Bertz CT molecular complexity index is 820. The van der Waals surface area contributed by atoms with Gasteiger partial charge < -0.3 is 13.9 Å². The minimum Gasteiger partial charge on any atom is -0.493 e. The molecule has 0 N–H and O–H groups in total. The van der Waals surface area contributed by atoms with Crippen molar-refractivity contribution in [3.05, 3.63) is 39.7 Å². The van der Waals surface area contributed by atoms with Crippen LogP contribution in [0.5, 0.6) is 5.75 Å². The number of morpholine rings is 1. The maximum Gasteiger partial charge on any atom is 0.336 e. The van der Waals surface area contributed by atoms with Crippen molar-refractivity contribution in [2.45, 2.75) is 20.3 Å². The van der Waals surface area contributed by atoms with Crippen LogP contribution in [0.4, 0.5) is 0 Å². The maximum absolute atomic E-state index is 12.1. The van der Waals surface area contributed by atoms with Crippen LogP contribution in [0.3, 0.4) is 0 Å². The summed E-state index contributed by atoms with van der Waals surface area (Å²) in [6, 6.07) is 5.03. The topological polar surface area (TPSA) is 69.0 Å². The van der Waals surface area contributed by atoms with Gasteiger partial charge in [0.25, 0.3) is 0 Å². The number of nitrogens with zero attached hydrogens (tertiary/aromatic N) is 1. The lowest BCUT2D eigenvalue weighted by atomic mass is 10.0. The van der Waals surface area contributed by atoms with Crippen molar-refractivity contribution in [3.8, 4) is 5.75 Å². The number of carbonyl (C=O) groups excluding carboxylic acids is 1. The van der Waals surface area contributed by atoms with Gasteiger partial charge in [0, 0.05) is 31.1 Å². The summed E-state index contributed by atoms with van der Waals surface area (Å²) in [5.41, 5.74) is 0.970. The average molecular weight is 345 g/mol. The number of ether oxygens (including phenoxy) is 2. The summed E-state index contributed by atoms with van der Waals surface area (Å²) in [5, 5.41) is 0.755. The van der Waals surface area contributed by atoms with Crippen LogP contribution in [-0.2, 0) is 4.74 Å². The van der Waals surface area contributed by atoms with Crippen LogP contribution in [0.25, 0.3) is 11.0 Å². The summed E-state index contributed by atoms with van der Waals surface area (Å²) in [4.78, 5) is 26.1. The molecule has 0 saturated carbocycles. The first-order chi connectivity index (χ1) is 12.1. The van der Waals surface area contributed by atoms with E-state index >= 15 is 0 Å². The molecule has 3 rings (SSSR count). The Morgan fingerprint density at radius 3 is 2.76 bits per heavy atom. The van der Waals surface area contributed by atoms with E-state index < -0.39 is 5.63 Å². The number of fused-ring (bicyclic) bond motifs is 1. The number of aryl methyl sites for hydroxylation is 1. The second-order valence-electron chi connectivity index (χ2n) is 6.28. The highest BCUT2D eigenvalue weighted by atomic mass is 16.5. The predicted octanol–water partition coefficient (Wildman–Crippen LogP) is 2.41. The van der Waals surface area contributed by atoms with E-state index in [2.05, 4.69) is 4.90 Å². The molecule has 25 heavy (non-hydrogen) atoms. The molecule has 0 atom stereocenters. The lowest BCUT2D eigenvalue weighted by molar-refractivity contribution is 0.0357. The van der Waals surface area contributed by atoms with Gasteiger partial charge >= 0.3 is 5.63 Å². The quantitative estimate of drug-likeness (QED) is 0.455. The molecule has 0 spiro atoms. The summed E-state index contributed by atoms with van der Waals surface area (Å²) in [7, 11) is 0. The first-order valence-corrected chi connectivity index (χ1v) is 8.57. The number of hydrogen-bond acceptors (Lipinski definition) is 6. The predicted molar refractivity (Wildman–Crippen MR) is 94.6 cm³/mol. The number of rotatable bonds is 6. The van der Waals surface area contributed by atoms with Gasteiger partial charge in [-0.3, -0.25) is 9.69 Å². The molecule has 0 amide bonds. The standard InChI is InChI=1S/C19H23NO5/c1-13-12-17(22)25-19-15(13)4-5-16(18(19)14(2)21)24-9-3-6-20-7-10-23-11-8-20/h4-5,12H,3,6-11H2,1-2H3. The van der Waals surface area contributed by atoms with Gasteiger partial charge in [-0.25, -0.2) is 4.79 Å². The third-order valence-corrected chi connectivity index (χ3v) is 4.41. The van der Waals surface area contributed by atoms with Crippen LogP contribution in [0.1, 0.15) is 29.3 Å². The van der Waals surface area contributed by atoms with Crippen molar-refractivity contribution in [3.63, 3.8) is 0 Å². The minimum absolute atomic E-state index is 0.178. The minimum atomic E-state index is -0.461. The zero-order valence-corrected chi connectivity index (χ0v) is 14.7. The first-order valence-electron chi connectivity index (χ1n) is 8.57. The Kier molecular flexibility index (Phi) is 5.50. The van der Waals surface area contributed by atoms with Gasteiger partial charge in [0.15, 0.2) is 11.4 Å². The SMILES string of the molecule is CC(=O)c1c(OCCCN2CCOCC2)ccc2c(C)cc(=O)oc12. The molecule has 1 fully saturated rings. The van der Waals surface area contributed by atoms with Gasteiger partial charge in [0.1, 0.15) is 11.3 Å². The second-order valence-corrected chi connectivity index (χ2v) is 6.28. The van der Waals surface area contributed by atoms with E-state index in [0.717, 1.165) is 50.2 Å². The van der Waals surface area contributed by atoms with Crippen LogP contribution in [0.2, 0.25) is 0 Å². The third kappa shape index (κ3) is 4.08. The molecule has 6 nitrogen and oxygen atoms in total. The van der Waals surface area contributed by atoms with Gasteiger partial charge in [0.05, 0.1) is 19.8 Å². The first kappa shape index (κ1) is 17.6. The van der Waals surface area contributed by atoms with Gasteiger partial charge in [0.2, 0.25) is 0 Å². The van der Waals surface area contributed by atoms with E-state index in [9.17, 15) is 9.59 Å². The maximum atomic E-state index is 12.1. The van der Waals surface area contributed by atoms with Crippen LogP contribution in [0.15, 0.2) is 27.4 Å². The molecule has 1 aromatic heterocycles. The highest BCUT2D eigenvalue weighted by Crippen LogP contribution is 2.29. The molecule has 1 aliphatic heterocycles. The molecular weight excluding hydrogens is 322 g/mol. The van der Waals surface area contributed by atoms with Gasteiger partial charge in [-0.15, -0.1) is 0 Å². The Hall–Kier alpha value is -2.18. The van der Waals surface area contributed by atoms with Crippen molar-refractivity contribution in [1.29, 1.82) is 0 Å². The molecule has 1 aromatic carbocycles. The number of benzene rings is 1. The van der Waals surface area contributed by atoms with Gasteiger partial charge in [-0.1, -0.05) is 0 Å². The lowest BCUT2D eigenvalue weighted by Gasteiger charge is -2.26. The lowest BCUT2D eigenvalue weighted by Crippen LogP contribution is -2.37. The zero-order valence-electron chi connectivity index (χ0n) is 14.7. The van der Waals surface area contributed by atoms with E-state index in [1.54, 1.807) is 6.07 Å². The number of Topliss-reactive ketones (excluding diaryl/α,β-unsaturated/α-hetero) is 1. The Balaban J connectivity index is 1.75. The van der Waals surface area contributed by atoms with Crippen LogP contribution >= 0.6 is 0 Å². The van der Waals surface area contributed by atoms with Crippen molar-refractivity contribution >= 4 is 16.8 Å². The average Bonchev–Trinajstić information content (AvgIpc) is 2.58. The number of ketones is 1.